The summed E-state index contributed by atoms with van der Waals surface area (Å²) in [4.78, 5) is 12.6. The number of amides is 1. The highest BCUT2D eigenvalue weighted by Crippen LogP contribution is 2.19. The number of morpholine rings is 1. The molecule has 6 nitrogen and oxygen atoms in total. The van der Waals surface area contributed by atoms with E-state index in [0.717, 1.165) is 5.56 Å². The Morgan fingerprint density at radius 3 is 2.48 bits per heavy atom. The molecule has 0 aliphatic carbocycles. The van der Waals surface area contributed by atoms with E-state index in [9.17, 15) is 17.6 Å². The molecule has 1 fully saturated rings. The number of hydrogen-bond acceptors (Lipinski definition) is 4. The maximum absolute atomic E-state index is 13.0. The van der Waals surface area contributed by atoms with Crippen molar-refractivity contribution in [2.45, 2.75) is 17.9 Å². The number of halogens is 1. The van der Waals surface area contributed by atoms with Gasteiger partial charge in [0.1, 0.15) is 5.82 Å². The predicted octanol–water partition coefficient (Wildman–Crippen LogP) is 2.34. The van der Waals surface area contributed by atoms with Crippen LogP contribution in [0.2, 0.25) is 0 Å². The van der Waals surface area contributed by atoms with Gasteiger partial charge in [-0.3, -0.25) is 4.79 Å². The Hall–Kier alpha value is -2.29. The Kier molecular flexibility index (Phi) is 5.88. The number of carbonyl (C=O) groups is 1. The maximum Gasteiger partial charge on any atom is 0.251 e. The van der Waals surface area contributed by atoms with Crippen molar-refractivity contribution < 1.29 is 22.3 Å². The van der Waals surface area contributed by atoms with Crippen molar-refractivity contribution in [1.29, 1.82) is 0 Å². The molecule has 1 unspecified atom stereocenters. The summed E-state index contributed by atoms with van der Waals surface area (Å²) < 4.78 is 45.1. The van der Waals surface area contributed by atoms with Crippen LogP contribution in [0.3, 0.4) is 0 Å². The van der Waals surface area contributed by atoms with E-state index in [1.165, 1.54) is 28.6 Å². The lowest BCUT2D eigenvalue weighted by molar-refractivity contribution is 0.0730. The molecule has 1 aliphatic heterocycles. The molecular weight excluding hydrogens is 371 g/mol. The lowest BCUT2D eigenvalue weighted by atomic mass is 10.1. The number of benzene rings is 2. The topological polar surface area (TPSA) is 75.7 Å². The summed E-state index contributed by atoms with van der Waals surface area (Å²) in [5.41, 5.74) is 1.00. The van der Waals surface area contributed by atoms with E-state index in [-0.39, 0.29) is 22.3 Å². The number of nitrogens with one attached hydrogen (secondary N) is 1. The minimum absolute atomic E-state index is 0.0754. The molecule has 1 aliphatic rings. The van der Waals surface area contributed by atoms with Crippen LogP contribution in [0.4, 0.5) is 4.39 Å². The van der Waals surface area contributed by atoms with E-state index in [1.807, 2.05) is 0 Å². The molecule has 1 N–H and O–H groups in total. The first kappa shape index (κ1) is 19.5. The smallest absolute Gasteiger partial charge is 0.251 e. The summed E-state index contributed by atoms with van der Waals surface area (Å²) in [7, 11) is -3.67. The van der Waals surface area contributed by atoms with Crippen molar-refractivity contribution in [3.63, 3.8) is 0 Å². The van der Waals surface area contributed by atoms with Crippen LogP contribution in [0.15, 0.2) is 53.4 Å². The zero-order chi connectivity index (χ0) is 19.4. The summed E-state index contributed by atoms with van der Waals surface area (Å²) in [6.45, 7) is 3.07. The first-order chi connectivity index (χ1) is 12.9. The molecule has 2 aromatic carbocycles. The van der Waals surface area contributed by atoms with Crippen LogP contribution in [-0.2, 0) is 14.8 Å². The van der Waals surface area contributed by atoms with Crippen molar-refractivity contribution in [3.8, 4) is 0 Å². The third kappa shape index (κ3) is 4.52. The van der Waals surface area contributed by atoms with Crippen LogP contribution in [0, 0.1) is 5.82 Å². The molecule has 1 amide bonds. The molecular formula is C19H21FN2O4S. The Labute approximate surface area is 158 Å². The molecule has 0 radical (unpaired) electrons. The molecule has 0 spiro atoms. The van der Waals surface area contributed by atoms with Crippen LogP contribution in [0.1, 0.15) is 28.9 Å². The molecule has 144 valence electrons. The van der Waals surface area contributed by atoms with Gasteiger partial charge in [-0.15, -0.1) is 0 Å². The van der Waals surface area contributed by atoms with Gasteiger partial charge in [0.05, 0.1) is 24.2 Å². The molecule has 1 saturated heterocycles. The quantitative estimate of drug-likeness (QED) is 0.848. The molecule has 1 heterocycles. The molecule has 0 aromatic heterocycles. The second kappa shape index (κ2) is 8.16. The Balaban J connectivity index is 1.76. The van der Waals surface area contributed by atoms with Crippen LogP contribution in [0.25, 0.3) is 0 Å². The average molecular weight is 392 g/mol. The van der Waals surface area contributed by atoms with E-state index in [4.69, 9.17) is 4.74 Å². The van der Waals surface area contributed by atoms with Gasteiger partial charge in [-0.25, -0.2) is 12.8 Å². The number of nitrogens with zero attached hydrogens (tertiary/aromatic N) is 1. The fourth-order valence-electron chi connectivity index (χ4n) is 2.85. The number of ether oxygens (including phenoxy) is 1. The number of carbonyl (C=O) groups excluding carboxylic acids is 1. The molecule has 3 rings (SSSR count). The van der Waals surface area contributed by atoms with Gasteiger partial charge in [0.15, 0.2) is 0 Å². The summed E-state index contributed by atoms with van der Waals surface area (Å²) in [6, 6.07) is 11.5. The minimum atomic E-state index is -3.67. The second-order valence-electron chi connectivity index (χ2n) is 6.29. The van der Waals surface area contributed by atoms with Gasteiger partial charge >= 0.3 is 0 Å². The highest BCUT2D eigenvalue weighted by atomic mass is 32.2. The average Bonchev–Trinajstić information content (AvgIpc) is 2.69. The molecule has 27 heavy (non-hydrogen) atoms. The first-order valence-corrected chi connectivity index (χ1v) is 10.1. The fraction of sp³-hybridized carbons (Fsp3) is 0.316. The predicted molar refractivity (Wildman–Crippen MR) is 98.3 cm³/mol. The molecule has 0 bridgehead atoms. The van der Waals surface area contributed by atoms with Crippen molar-refractivity contribution in [2.75, 3.05) is 26.3 Å². The van der Waals surface area contributed by atoms with Crippen molar-refractivity contribution >= 4 is 15.9 Å². The van der Waals surface area contributed by atoms with E-state index in [2.05, 4.69) is 5.32 Å². The van der Waals surface area contributed by atoms with Crippen LogP contribution >= 0.6 is 0 Å². The highest BCUT2D eigenvalue weighted by molar-refractivity contribution is 7.89. The second-order valence-corrected chi connectivity index (χ2v) is 8.23. The molecule has 1 atom stereocenters. The van der Waals surface area contributed by atoms with Gasteiger partial charge in [-0.1, -0.05) is 18.2 Å². The lowest BCUT2D eigenvalue weighted by Gasteiger charge is -2.26. The highest BCUT2D eigenvalue weighted by Gasteiger charge is 2.27. The molecule has 0 saturated carbocycles. The number of sulfonamides is 1. The van der Waals surface area contributed by atoms with Crippen LogP contribution in [-0.4, -0.2) is 44.9 Å². The van der Waals surface area contributed by atoms with Gasteiger partial charge in [0.2, 0.25) is 10.0 Å². The lowest BCUT2D eigenvalue weighted by Crippen LogP contribution is -2.40. The van der Waals surface area contributed by atoms with Crippen LogP contribution in [0.5, 0.6) is 0 Å². The summed E-state index contributed by atoms with van der Waals surface area (Å²) in [5.74, 6) is -0.746. The van der Waals surface area contributed by atoms with Crippen molar-refractivity contribution in [2.24, 2.45) is 0 Å². The zero-order valence-electron chi connectivity index (χ0n) is 14.9. The van der Waals surface area contributed by atoms with E-state index in [0.29, 0.717) is 26.3 Å². The van der Waals surface area contributed by atoms with Gasteiger partial charge < -0.3 is 10.1 Å². The Morgan fingerprint density at radius 2 is 1.81 bits per heavy atom. The molecule has 8 heteroatoms. The monoisotopic (exact) mass is 392 g/mol. The van der Waals surface area contributed by atoms with Crippen molar-refractivity contribution in [1.82, 2.24) is 9.62 Å². The van der Waals surface area contributed by atoms with Crippen molar-refractivity contribution in [3.05, 3.63) is 65.5 Å². The SMILES string of the molecule is CC(NC(=O)c1cccc(S(=O)(=O)N2CCOCC2)c1)c1ccc(F)cc1. The standard InChI is InChI=1S/C19H21FN2O4S/c1-14(15-5-7-17(20)8-6-15)21-19(23)16-3-2-4-18(13-16)27(24,25)22-9-11-26-12-10-22/h2-8,13-14H,9-12H2,1H3,(H,21,23). The number of hydrogen-bond donors (Lipinski definition) is 1. The molecule has 2 aromatic rings. The Bertz CT molecular complexity index is 910. The maximum atomic E-state index is 13.0. The fourth-order valence-corrected chi connectivity index (χ4v) is 4.30. The van der Waals surface area contributed by atoms with E-state index < -0.39 is 15.9 Å². The van der Waals surface area contributed by atoms with Gasteiger partial charge in [0.25, 0.3) is 5.91 Å². The van der Waals surface area contributed by atoms with Gasteiger partial charge in [-0.05, 0) is 42.8 Å². The number of rotatable bonds is 5. The third-order valence-electron chi connectivity index (χ3n) is 4.42. The van der Waals surface area contributed by atoms with Gasteiger partial charge in [0, 0.05) is 18.7 Å². The van der Waals surface area contributed by atoms with E-state index >= 15 is 0 Å². The van der Waals surface area contributed by atoms with E-state index in [1.54, 1.807) is 31.2 Å². The summed E-state index contributed by atoms with van der Waals surface area (Å²) >= 11 is 0. The largest absolute Gasteiger partial charge is 0.379 e. The first-order valence-electron chi connectivity index (χ1n) is 8.62. The third-order valence-corrected chi connectivity index (χ3v) is 6.32. The normalized spacial score (nSPS) is 16.7. The zero-order valence-corrected chi connectivity index (χ0v) is 15.7. The summed E-state index contributed by atoms with van der Waals surface area (Å²) in [5, 5.41) is 2.80. The van der Waals surface area contributed by atoms with Crippen LogP contribution < -0.4 is 5.32 Å². The Morgan fingerprint density at radius 1 is 1.15 bits per heavy atom. The summed E-state index contributed by atoms with van der Waals surface area (Å²) in [6.07, 6.45) is 0. The van der Waals surface area contributed by atoms with Gasteiger partial charge in [-0.2, -0.15) is 4.31 Å². The minimum Gasteiger partial charge on any atom is -0.379 e.